The Morgan fingerprint density at radius 2 is 1.79 bits per heavy atom. The smallest absolute Gasteiger partial charge is 0.0598 e. The minimum absolute atomic E-state index is 0.0132. The highest BCUT2D eigenvalue weighted by molar-refractivity contribution is 4.69. The van der Waals surface area contributed by atoms with Gasteiger partial charge >= 0.3 is 0 Å². The molecule has 14 heavy (non-hydrogen) atoms. The number of hydrogen-bond donors (Lipinski definition) is 0. The third-order valence-corrected chi connectivity index (χ3v) is 2.57. The molecule has 1 aliphatic rings. The number of hydrogen-bond acceptors (Lipinski definition) is 2. The summed E-state index contributed by atoms with van der Waals surface area (Å²) in [6.07, 6.45) is 2.76. The molecule has 2 nitrogen and oxygen atoms in total. The summed E-state index contributed by atoms with van der Waals surface area (Å²) in [5.74, 6) is 0.660. The lowest BCUT2D eigenvalue weighted by molar-refractivity contribution is -0.0234. The van der Waals surface area contributed by atoms with Gasteiger partial charge < -0.3 is 9.64 Å². The van der Waals surface area contributed by atoms with Crippen molar-refractivity contribution < 1.29 is 4.74 Å². The predicted molar refractivity (Wildman–Crippen MR) is 60.5 cm³/mol. The fourth-order valence-electron chi connectivity index (χ4n) is 1.85. The molecular weight excluding hydrogens is 174 g/mol. The molecule has 0 aromatic rings. The first kappa shape index (κ1) is 12.0. The van der Waals surface area contributed by atoms with Crippen molar-refractivity contribution in [2.75, 3.05) is 26.2 Å². The van der Waals surface area contributed by atoms with Gasteiger partial charge in [-0.05, 0) is 52.6 Å². The molecule has 84 valence electrons. The van der Waals surface area contributed by atoms with Crippen LogP contribution < -0.4 is 0 Å². The molecule has 0 radical (unpaired) electrons. The van der Waals surface area contributed by atoms with Crippen LogP contribution in [-0.2, 0) is 4.74 Å². The average molecular weight is 199 g/mol. The van der Waals surface area contributed by atoms with Crippen molar-refractivity contribution in [3.63, 3.8) is 0 Å². The van der Waals surface area contributed by atoms with Crippen LogP contribution in [-0.4, -0.2) is 36.7 Å². The van der Waals surface area contributed by atoms with Gasteiger partial charge in [-0.1, -0.05) is 6.92 Å². The molecule has 2 heteroatoms. The molecule has 1 heterocycles. The van der Waals surface area contributed by atoms with Gasteiger partial charge in [0.2, 0.25) is 0 Å². The van der Waals surface area contributed by atoms with Crippen LogP contribution in [0.3, 0.4) is 0 Å². The summed E-state index contributed by atoms with van der Waals surface area (Å²) >= 11 is 0. The van der Waals surface area contributed by atoms with Gasteiger partial charge in [-0.2, -0.15) is 0 Å². The summed E-state index contributed by atoms with van der Waals surface area (Å²) in [5, 5.41) is 0. The van der Waals surface area contributed by atoms with Crippen molar-refractivity contribution in [3.05, 3.63) is 0 Å². The number of nitrogens with zero attached hydrogens (tertiary/aromatic N) is 1. The fourth-order valence-corrected chi connectivity index (χ4v) is 1.85. The van der Waals surface area contributed by atoms with Crippen LogP contribution in [0.5, 0.6) is 0 Å². The van der Waals surface area contributed by atoms with Gasteiger partial charge in [0.15, 0.2) is 0 Å². The van der Waals surface area contributed by atoms with Gasteiger partial charge in [0.1, 0.15) is 0 Å². The topological polar surface area (TPSA) is 12.5 Å². The maximum absolute atomic E-state index is 5.77. The molecular formula is C12H25NO. The van der Waals surface area contributed by atoms with Crippen molar-refractivity contribution in [1.29, 1.82) is 0 Å². The molecule has 0 N–H and O–H groups in total. The number of rotatable bonds is 4. The van der Waals surface area contributed by atoms with Gasteiger partial charge in [0.05, 0.1) is 12.2 Å². The molecule has 1 saturated heterocycles. The molecule has 0 aliphatic carbocycles. The Hall–Kier alpha value is -0.0800. The summed E-state index contributed by atoms with van der Waals surface area (Å²) in [6, 6.07) is 0. The summed E-state index contributed by atoms with van der Waals surface area (Å²) in [5.41, 5.74) is 0.0132. The van der Waals surface area contributed by atoms with Crippen molar-refractivity contribution in [2.45, 2.75) is 46.1 Å². The monoisotopic (exact) mass is 199 g/mol. The molecule has 1 fully saturated rings. The van der Waals surface area contributed by atoms with Gasteiger partial charge in [-0.15, -0.1) is 0 Å². The van der Waals surface area contributed by atoms with E-state index < -0.39 is 0 Å². The van der Waals surface area contributed by atoms with E-state index in [1.54, 1.807) is 0 Å². The first-order valence-corrected chi connectivity index (χ1v) is 5.84. The first-order chi connectivity index (χ1) is 6.47. The van der Waals surface area contributed by atoms with E-state index in [2.05, 4.69) is 32.6 Å². The van der Waals surface area contributed by atoms with Crippen LogP contribution in [0.2, 0.25) is 0 Å². The van der Waals surface area contributed by atoms with Crippen LogP contribution in [0.15, 0.2) is 0 Å². The van der Waals surface area contributed by atoms with Crippen molar-refractivity contribution in [3.8, 4) is 0 Å². The Bertz CT molecular complexity index is 156. The molecule has 0 bridgehead atoms. The summed E-state index contributed by atoms with van der Waals surface area (Å²) in [4.78, 5) is 2.55. The van der Waals surface area contributed by atoms with Gasteiger partial charge in [0, 0.05) is 6.54 Å². The molecule has 0 saturated carbocycles. The standard InChI is InChI=1S/C12H25NO/c1-11(10-14-12(2,3)4)9-13-7-5-6-8-13/h11H,5-10H2,1-4H3. The van der Waals surface area contributed by atoms with Crippen molar-refractivity contribution in [1.82, 2.24) is 4.90 Å². The molecule has 0 spiro atoms. The lowest BCUT2D eigenvalue weighted by Crippen LogP contribution is -2.30. The summed E-state index contributed by atoms with van der Waals surface area (Å²) < 4.78 is 5.77. The second-order valence-electron chi connectivity index (χ2n) is 5.54. The highest BCUT2D eigenvalue weighted by Gasteiger charge is 2.17. The second-order valence-corrected chi connectivity index (χ2v) is 5.54. The lowest BCUT2D eigenvalue weighted by Gasteiger charge is -2.25. The van der Waals surface area contributed by atoms with E-state index in [0.29, 0.717) is 5.92 Å². The largest absolute Gasteiger partial charge is 0.376 e. The first-order valence-electron chi connectivity index (χ1n) is 5.84. The normalized spacial score (nSPS) is 21.4. The summed E-state index contributed by atoms with van der Waals surface area (Å²) in [6.45, 7) is 13.3. The third-order valence-electron chi connectivity index (χ3n) is 2.57. The Morgan fingerprint density at radius 1 is 1.21 bits per heavy atom. The van der Waals surface area contributed by atoms with Crippen LogP contribution in [0.4, 0.5) is 0 Å². The number of ether oxygens (including phenoxy) is 1. The van der Waals surface area contributed by atoms with E-state index in [0.717, 1.165) is 6.61 Å². The van der Waals surface area contributed by atoms with E-state index in [4.69, 9.17) is 4.74 Å². The highest BCUT2D eigenvalue weighted by atomic mass is 16.5. The minimum Gasteiger partial charge on any atom is -0.376 e. The third kappa shape index (κ3) is 4.97. The predicted octanol–water partition coefficient (Wildman–Crippen LogP) is 2.53. The van der Waals surface area contributed by atoms with E-state index >= 15 is 0 Å². The van der Waals surface area contributed by atoms with Gasteiger partial charge in [-0.25, -0.2) is 0 Å². The van der Waals surface area contributed by atoms with Crippen LogP contribution >= 0.6 is 0 Å². The number of likely N-dealkylation sites (tertiary alicyclic amines) is 1. The van der Waals surface area contributed by atoms with E-state index in [-0.39, 0.29) is 5.60 Å². The molecule has 1 unspecified atom stereocenters. The van der Waals surface area contributed by atoms with Crippen molar-refractivity contribution in [2.24, 2.45) is 5.92 Å². The Morgan fingerprint density at radius 3 is 2.29 bits per heavy atom. The zero-order chi connectivity index (χ0) is 10.6. The SMILES string of the molecule is CC(COC(C)(C)C)CN1CCCC1. The fraction of sp³-hybridized carbons (Fsp3) is 1.00. The second kappa shape index (κ2) is 5.13. The Labute approximate surface area is 88.6 Å². The van der Waals surface area contributed by atoms with Crippen molar-refractivity contribution >= 4 is 0 Å². The van der Waals surface area contributed by atoms with E-state index in [1.165, 1.54) is 32.5 Å². The molecule has 0 amide bonds. The van der Waals surface area contributed by atoms with Gasteiger partial charge in [-0.3, -0.25) is 0 Å². The summed E-state index contributed by atoms with van der Waals surface area (Å²) in [7, 11) is 0. The minimum atomic E-state index is 0.0132. The van der Waals surface area contributed by atoms with Gasteiger partial charge in [0.25, 0.3) is 0 Å². The lowest BCUT2D eigenvalue weighted by atomic mass is 10.1. The zero-order valence-corrected chi connectivity index (χ0v) is 10.2. The Balaban J connectivity index is 2.12. The average Bonchev–Trinajstić information content (AvgIpc) is 2.52. The molecule has 1 rings (SSSR count). The van der Waals surface area contributed by atoms with Crippen LogP contribution in [0, 0.1) is 5.92 Å². The molecule has 0 aromatic heterocycles. The Kier molecular flexibility index (Phi) is 4.39. The zero-order valence-electron chi connectivity index (χ0n) is 10.2. The van der Waals surface area contributed by atoms with Crippen LogP contribution in [0.1, 0.15) is 40.5 Å². The maximum Gasteiger partial charge on any atom is 0.0598 e. The molecule has 1 aliphatic heterocycles. The van der Waals surface area contributed by atoms with E-state index in [1.807, 2.05) is 0 Å². The molecule has 0 aromatic carbocycles. The van der Waals surface area contributed by atoms with Crippen LogP contribution in [0.25, 0.3) is 0 Å². The van der Waals surface area contributed by atoms with E-state index in [9.17, 15) is 0 Å². The maximum atomic E-state index is 5.77. The highest BCUT2D eigenvalue weighted by Crippen LogP contribution is 2.13. The molecule has 1 atom stereocenters. The quantitative estimate of drug-likeness (QED) is 0.690.